The number of pyridine rings is 2. The zero-order chi connectivity index (χ0) is 27.6. The number of fused-ring (bicyclic) bond motifs is 1. The molecule has 12 heteroatoms. The Morgan fingerprint density at radius 3 is 2.55 bits per heavy atom. The molecule has 2 amide bonds. The second-order valence-electron chi connectivity index (χ2n) is 10.7. The standard InChI is InChI=1S/C28H34N10O2/c1-19-24(32-28(40)27-25-6-5-20(17-38(25)34-33-27)21-14-30-35(2)16-21)13-22(15-29-19)31-26(39)18-36-11-7-23(8-12-36)37-9-3-4-10-37/h5-6,13-17,23H,3-4,7-12,18H2,1-2H3,(H,31,39)(H,32,40). The van der Waals surface area contributed by atoms with E-state index in [-0.39, 0.29) is 11.6 Å². The Kier molecular flexibility index (Phi) is 7.27. The molecule has 2 aliphatic heterocycles. The van der Waals surface area contributed by atoms with Gasteiger partial charge in [-0.2, -0.15) is 5.10 Å². The van der Waals surface area contributed by atoms with Gasteiger partial charge in [0.25, 0.3) is 5.91 Å². The number of carbonyl (C=O) groups is 2. The Morgan fingerprint density at radius 2 is 1.80 bits per heavy atom. The normalized spacial score (nSPS) is 16.9. The molecular formula is C28H34N10O2. The maximum atomic E-state index is 13.2. The van der Waals surface area contributed by atoms with Crippen LogP contribution in [0.1, 0.15) is 41.9 Å². The van der Waals surface area contributed by atoms with Gasteiger partial charge in [-0.25, -0.2) is 4.52 Å². The number of amides is 2. The van der Waals surface area contributed by atoms with Crippen molar-refractivity contribution in [2.24, 2.45) is 7.05 Å². The Balaban J connectivity index is 1.07. The fourth-order valence-corrected chi connectivity index (χ4v) is 5.66. The second-order valence-corrected chi connectivity index (χ2v) is 10.7. The third kappa shape index (κ3) is 5.58. The minimum Gasteiger partial charge on any atom is -0.324 e. The third-order valence-electron chi connectivity index (χ3n) is 7.87. The Morgan fingerprint density at radius 1 is 1.00 bits per heavy atom. The van der Waals surface area contributed by atoms with Gasteiger partial charge in [0.1, 0.15) is 0 Å². The first-order chi connectivity index (χ1) is 19.4. The van der Waals surface area contributed by atoms with Crippen LogP contribution in [0.3, 0.4) is 0 Å². The number of likely N-dealkylation sites (tertiary alicyclic amines) is 2. The molecule has 0 radical (unpaired) electrons. The van der Waals surface area contributed by atoms with Crippen LogP contribution in [-0.2, 0) is 11.8 Å². The smallest absolute Gasteiger partial charge is 0.278 e. The van der Waals surface area contributed by atoms with E-state index >= 15 is 0 Å². The van der Waals surface area contributed by atoms with Crippen LogP contribution in [0.15, 0.2) is 43.0 Å². The highest BCUT2D eigenvalue weighted by molar-refractivity contribution is 6.08. The van der Waals surface area contributed by atoms with Gasteiger partial charge in [0.2, 0.25) is 5.91 Å². The molecule has 4 aromatic rings. The van der Waals surface area contributed by atoms with Gasteiger partial charge in [-0.05, 0) is 57.8 Å². The summed E-state index contributed by atoms with van der Waals surface area (Å²) < 4.78 is 3.30. The molecule has 0 aliphatic carbocycles. The third-order valence-corrected chi connectivity index (χ3v) is 7.87. The highest BCUT2D eigenvalue weighted by atomic mass is 16.2. The lowest BCUT2D eigenvalue weighted by molar-refractivity contribution is -0.117. The molecule has 0 bridgehead atoms. The van der Waals surface area contributed by atoms with E-state index in [1.165, 1.54) is 25.9 Å². The van der Waals surface area contributed by atoms with Crippen molar-refractivity contribution < 1.29 is 9.59 Å². The molecule has 6 rings (SSSR count). The van der Waals surface area contributed by atoms with Crippen LogP contribution < -0.4 is 10.6 Å². The van der Waals surface area contributed by atoms with Gasteiger partial charge < -0.3 is 15.5 Å². The van der Waals surface area contributed by atoms with Crippen molar-refractivity contribution in [3.05, 3.63) is 54.4 Å². The van der Waals surface area contributed by atoms with Gasteiger partial charge in [0.05, 0.1) is 41.5 Å². The molecule has 12 nitrogen and oxygen atoms in total. The lowest BCUT2D eigenvalue weighted by Crippen LogP contribution is -2.45. The monoisotopic (exact) mass is 542 g/mol. The molecular weight excluding hydrogens is 508 g/mol. The van der Waals surface area contributed by atoms with E-state index in [1.54, 1.807) is 34.6 Å². The molecule has 0 atom stereocenters. The Labute approximate surface area is 232 Å². The van der Waals surface area contributed by atoms with Gasteiger partial charge in [0.15, 0.2) is 5.69 Å². The van der Waals surface area contributed by atoms with E-state index < -0.39 is 5.91 Å². The number of piperidine rings is 1. The van der Waals surface area contributed by atoms with Crippen LogP contribution in [0, 0.1) is 6.92 Å². The lowest BCUT2D eigenvalue weighted by Gasteiger charge is -2.36. The number of aromatic nitrogens is 6. The molecule has 0 aromatic carbocycles. The van der Waals surface area contributed by atoms with Crippen LogP contribution >= 0.6 is 0 Å². The number of hydrogen-bond acceptors (Lipinski definition) is 8. The highest BCUT2D eigenvalue weighted by Crippen LogP contribution is 2.23. The van der Waals surface area contributed by atoms with Crippen molar-refractivity contribution >= 4 is 28.7 Å². The lowest BCUT2D eigenvalue weighted by atomic mass is 10.0. The van der Waals surface area contributed by atoms with Crippen LogP contribution in [0.4, 0.5) is 11.4 Å². The van der Waals surface area contributed by atoms with Crippen molar-refractivity contribution in [1.82, 2.24) is 39.4 Å². The summed E-state index contributed by atoms with van der Waals surface area (Å²) in [5.41, 5.74) is 4.30. The molecule has 0 unspecified atom stereocenters. The number of rotatable bonds is 7. The van der Waals surface area contributed by atoms with Crippen LogP contribution in [0.25, 0.3) is 16.6 Å². The van der Waals surface area contributed by atoms with E-state index in [2.05, 4.69) is 40.8 Å². The summed E-state index contributed by atoms with van der Waals surface area (Å²) in [5.74, 6) is -0.491. The van der Waals surface area contributed by atoms with E-state index in [1.807, 2.05) is 31.6 Å². The zero-order valence-corrected chi connectivity index (χ0v) is 22.9. The quantitative estimate of drug-likeness (QED) is 0.365. The molecule has 2 aliphatic rings. The van der Waals surface area contributed by atoms with E-state index in [0.29, 0.717) is 35.2 Å². The van der Waals surface area contributed by atoms with Crippen molar-refractivity contribution in [2.45, 2.75) is 38.6 Å². The summed E-state index contributed by atoms with van der Waals surface area (Å²) in [7, 11) is 1.86. The first-order valence-electron chi connectivity index (χ1n) is 13.8. The van der Waals surface area contributed by atoms with Gasteiger partial charge >= 0.3 is 0 Å². The van der Waals surface area contributed by atoms with Crippen LogP contribution in [0.5, 0.6) is 0 Å². The predicted octanol–water partition coefficient (Wildman–Crippen LogP) is 2.58. The zero-order valence-electron chi connectivity index (χ0n) is 22.9. The maximum Gasteiger partial charge on any atom is 0.278 e. The predicted molar refractivity (Wildman–Crippen MR) is 151 cm³/mol. The van der Waals surface area contributed by atoms with Crippen LogP contribution in [0.2, 0.25) is 0 Å². The molecule has 2 saturated heterocycles. The number of carbonyl (C=O) groups excluding carboxylic acids is 2. The van der Waals surface area contributed by atoms with Gasteiger partial charge in [-0.1, -0.05) is 11.3 Å². The Bertz CT molecular complexity index is 1530. The first-order valence-corrected chi connectivity index (χ1v) is 13.8. The van der Waals surface area contributed by atoms with Crippen molar-refractivity contribution in [2.75, 3.05) is 43.4 Å². The van der Waals surface area contributed by atoms with Gasteiger partial charge in [0, 0.05) is 49.7 Å². The summed E-state index contributed by atoms with van der Waals surface area (Å²) in [6, 6.07) is 6.10. The summed E-state index contributed by atoms with van der Waals surface area (Å²) in [6.07, 6.45) is 11.9. The number of nitrogens with zero attached hydrogens (tertiary/aromatic N) is 8. The fourth-order valence-electron chi connectivity index (χ4n) is 5.66. The topological polar surface area (TPSA) is 126 Å². The van der Waals surface area contributed by atoms with E-state index in [0.717, 1.165) is 37.1 Å². The molecule has 6 heterocycles. The minimum atomic E-state index is -0.404. The van der Waals surface area contributed by atoms with Gasteiger partial charge in [-0.3, -0.25) is 24.2 Å². The second kappa shape index (κ2) is 11.1. The molecule has 4 aromatic heterocycles. The van der Waals surface area contributed by atoms with E-state index in [4.69, 9.17) is 0 Å². The molecule has 2 N–H and O–H groups in total. The minimum absolute atomic E-state index is 0.0868. The summed E-state index contributed by atoms with van der Waals surface area (Å²) in [4.78, 5) is 35.1. The summed E-state index contributed by atoms with van der Waals surface area (Å²) in [5, 5.41) is 18.3. The fraction of sp³-hybridized carbons (Fsp3) is 0.429. The van der Waals surface area contributed by atoms with Crippen molar-refractivity contribution in [3.63, 3.8) is 0 Å². The first kappa shape index (κ1) is 26.1. The van der Waals surface area contributed by atoms with Crippen molar-refractivity contribution in [3.8, 4) is 11.1 Å². The number of hydrogen-bond donors (Lipinski definition) is 2. The molecule has 208 valence electrons. The summed E-state index contributed by atoms with van der Waals surface area (Å²) >= 11 is 0. The highest BCUT2D eigenvalue weighted by Gasteiger charge is 2.27. The Hall–Kier alpha value is -4.16. The van der Waals surface area contributed by atoms with E-state index in [9.17, 15) is 9.59 Å². The number of aryl methyl sites for hydroxylation is 2. The number of nitrogens with one attached hydrogen (secondary N) is 2. The van der Waals surface area contributed by atoms with Gasteiger partial charge in [-0.15, -0.1) is 5.10 Å². The number of anilines is 2. The molecule has 2 fully saturated rings. The molecule has 0 saturated carbocycles. The maximum absolute atomic E-state index is 13.2. The molecule has 40 heavy (non-hydrogen) atoms. The van der Waals surface area contributed by atoms with Crippen LogP contribution in [-0.4, -0.2) is 90.0 Å². The summed E-state index contributed by atoms with van der Waals surface area (Å²) in [6.45, 7) is 6.43. The average Bonchev–Trinajstić information content (AvgIpc) is 3.72. The molecule has 0 spiro atoms. The average molecular weight is 543 g/mol. The SMILES string of the molecule is Cc1ncc(NC(=O)CN2CCC(N3CCCC3)CC2)cc1NC(=O)c1nnn2cc(-c3cnn(C)c3)ccc12. The largest absolute Gasteiger partial charge is 0.324 e. The van der Waals surface area contributed by atoms with Crippen molar-refractivity contribution in [1.29, 1.82) is 0 Å².